The third kappa shape index (κ3) is 2.32. The summed E-state index contributed by atoms with van der Waals surface area (Å²) in [5.74, 6) is 0.205. The highest BCUT2D eigenvalue weighted by atomic mass is 16.3. The topological polar surface area (TPSA) is 46.2 Å². The van der Waals surface area contributed by atoms with Gasteiger partial charge in [0.15, 0.2) is 0 Å². The standard InChI is InChI=1S/C10H15NO/c11-7-6-10(8-12)9-4-2-1-3-5-9/h1-5,10,12H,6-8,11H2. The largest absolute Gasteiger partial charge is 0.396 e. The average molecular weight is 165 g/mol. The zero-order valence-corrected chi connectivity index (χ0v) is 7.11. The number of rotatable bonds is 4. The van der Waals surface area contributed by atoms with Crippen molar-refractivity contribution in [2.45, 2.75) is 12.3 Å². The van der Waals surface area contributed by atoms with Gasteiger partial charge in [-0.3, -0.25) is 0 Å². The lowest BCUT2D eigenvalue weighted by Gasteiger charge is -2.12. The molecule has 1 aromatic carbocycles. The fraction of sp³-hybridized carbons (Fsp3) is 0.400. The second-order valence-corrected chi connectivity index (χ2v) is 2.87. The molecular formula is C10H15NO. The van der Waals surface area contributed by atoms with Gasteiger partial charge in [-0.25, -0.2) is 0 Å². The fourth-order valence-corrected chi connectivity index (χ4v) is 1.29. The van der Waals surface area contributed by atoms with Gasteiger partial charge in [0.25, 0.3) is 0 Å². The van der Waals surface area contributed by atoms with Crippen LogP contribution < -0.4 is 5.73 Å². The van der Waals surface area contributed by atoms with E-state index in [0.717, 1.165) is 6.42 Å². The van der Waals surface area contributed by atoms with E-state index in [-0.39, 0.29) is 12.5 Å². The van der Waals surface area contributed by atoms with Crippen LogP contribution in [0.1, 0.15) is 17.9 Å². The second kappa shape index (κ2) is 4.91. The Hall–Kier alpha value is -0.860. The summed E-state index contributed by atoms with van der Waals surface area (Å²) in [4.78, 5) is 0. The number of hydrogen-bond acceptors (Lipinski definition) is 2. The number of aliphatic hydroxyl groups excluding tert-OH is 1. The van der Waals surface area contributed by atoms with Gasteiger partial charge >= 0.3 is 0 Å². The molecule has 0 amide bonds. The molecule has 0 aliphatic heterocycles. The number of hydrogen-bond donors (Lipinski definition) is 2. The van der Waals surface area contributed by atoms with Gasteiger partial charge < -0.3 is 10.8 Å². The molecule has 66 valence electrons. The summed E-state index contributed by atoms with van der Waals surface area (Å²) in [5, 5.41) is 9.06. The van der Waals surface area contributed by atoms with Crippen LogP contribution in [-0.4, -0.2) is 18.3 Å². The third-order valence-electron chi connectivity index (χ3n) is 2.01. The smallest absolute Gasteiger partial charge is 0.0500 e. The maximum Gasteiger partial charge on any atom is 0.0500 e. The van der Waals surface area contributed by atoms with E-state index in [2.05, 4.69) is 0 Å². The van der Waals surface area contributed by atoms with Gasteiger partial charge in [-0.05, 0) is 18.5 Å². The Morgan fingerprint density at radius 1 is 1.25 bits per heavy atom. The summed E-state index contributed by atoms with van der Waals surface area (Å²) in [5.41, 5.74) is 6.60. The van der Waals surface area contributed by atoms with Crippen LogP contribution in [0.15, 0.2) is 30.3 Å². The van der Waals surface area contributed by atoms with Crippen molar-refractivity contribution in [1.82, 2.24) is 0 Å². The molecule has 0 heterocycles. The van der Waals surface area contributed by atoms with Crippen LogP contribution in [0.25, 0.3) is 0 Å². The van der Waals surface area contributed by atoms with E-state index in [0.29, 0.717) is 6.54 Å². The van der Waals surface area contributed by atoms with Crippen LogP contribution in [0.2, 0.25) is 0 Å². The average Bonchev–Trinajstić information content (AvgIpc) is 2.15. The summed E-state index contributed by atoms with van der Waals surface area (Å²) in [6, 6.07) is 9.98. The molecule has 0 radical (unpaired) electrons. The van der Waals surface area contributed by atoms with Crippen molar-refractivity contribution < 1.29 is 5.11 Å². The molecule has 1 atom stereocenters. The minimum Gasteiger partial charge on any atom is -0.396 e. The quantitative estimate of drug-likeness (QED) is 0.702. The first-order valence-electron chi connectivity index (χ1n) is 4.24. The zero-order chi connectivity index (χ0) is 8.81. The molecule has 0 saturated heterocycles. The fourth-order valence-electron chi connectivity index (χ4n) is 1.29. The van der Waals surface area contributed by atoms with Crippen LogP contribution >= 0.6 is 0 Å². The van der Waals surface area contributed by atoms with Crippen molar-refractivity contribution in [2.24, 2.45) is 5.73 Å². The summed E-state index contributed by atoms with van der Waals surface area (Å²) in [7, 11) is 0. The molecule has 3 N–H and O–H groups in total. The molecule has 0 aliphatic carbocycles. The molecule has 1 unspecified atom stereocenters. The second-order valence-electron chi connectivity index (χ2n) is 2.87. The molecule has 0 bridgehead atoms. The SMILES string of the molecule is NCCC(CO)c1ccccc1. The van der Waals surface area contributed by atoms with Crippen LogP contribution in [0, 0.1) is 0 Å². The number of aliphatic hydroxyl groups is 1. The lowest BCUT2D eigenvalue weighted by molar-refractivity contribution is 0.260. The summed E-state index contributed by atoms with van der Waals surface area (Å²) in [6.45, 7) is 0.807. The first-order valence-corrected chi connectivity index (χ1v) is 4.24. The van der Waals surface area contributed by atoms with Crippen molar-refractivity contribution in [3.8, 4) is 0 Å². The zero-order valence-electron chi connectivity index (χ0n) is 7.11. The van der Waals surface area contributed by atoms with Crippen molar-refractivity contribution in [3.05, 3.63) is 35.9 Å². The Balaban J connectivity index is 2.66. The Kier molecular flexibility index (Phi) is 3.77. The van der Waals surface area contributed by atoms with Crippen LogP contribution in [0.4, 0.5) is 0 Å². The maximum absolute atomic E-state index is 9.06. The Morgan fingerprint density at radius 2 is 1.92 bits per heavy atom. The molecular weight excluding hydrogens is 150 g/mol. The van der Waals surface area contributed by atoms with Crippen LogP contribution in [0.5, 0.6) is 0 Å². The first-order chi connectivity index (χ1) is 5.88. The van der Waals surface area contributed by atoms with Gasteiger partial charge in [-0.2, -0.15) is 0 Å². The van der Waals surface area contributed by atoms with Crippen LogP contribution in [-0.2, 0) is 0 Å². The molecule has 1 aromatic rings. The van der Waals surface area contributed by atoms with Gasteiger partial charge in [0.1, 0.15) is 0 Å². The predicted octanol–water partition coefficient (Wildman–Crippen LogP) is 1.11. The summed E-state index contributed by atoms with van der Waals surface area (Å²) in [6.07, 6.45) is 0.848. The highest BCUT2D eigenvalue weighted by Gasteiger charge is 2.07. The highest BCUT2D eigenvalue weighted by Crippen LogP contribution is 2.17. The molecule has 0 aromatic heterocycles. The van der Waals surface area contributed by atoms with Crippen LogP contribution in [0.3, 0.4) is 0 Å². The highest BCUT2D eigenvalue weighted by molar-refractivity contribution is 5.19. The lowest BCUT2D eigenvalue weighted by Crippen LogP contribution is -2.10. The van der Waals surface area contributed by atoms with E-state index in [1.807, 2.05) is 30.3 Å². The van der Waals surface area contributed by atoms with E-state index < -0.39 is 0 Å². The molecule has 12 heavy (non-hydrogen) atoms. The molecule has 1 rings (SSSR count). The third-order valence-corrected chi connectivity index (χ3v) is 2.01. The minimum atomic E-state index is 0.182. The molecule has 0 saturated carbocycles. The van der Waals surface area contributed by atoms with Crippen molar-refractivity contribution in [1.29, 1.82) is 0 Å². The van der Waals surface area contributed by atoms with E-state index >= 15 is 0 Å². The summed E-state index contributed by atoms with van der Waals surface area (Å²) < 4.78 is 0. The number of benzene rings is 1. The van der Waals surface area contributed by atoms with Gasteiger partial charge in [-0.1, -0.05) is 30.3 Å². The van der Waals surface area contributed by atoms with Gasteiger partial charge in [0.2, 0.25) is 0 Å². The predicted molar refractivity (Wildman–Crippen MR) is 49.9 cm³/mol. The first kappa shape index (κ1) is 9.23. The van der Waals surface area contributed by atoms with Gasteiger partial charge in [-0.15, -0.1) is 0 Å². The van der Waals surface area contributed by atoms with E-state index in [9.17, 15) is 0 Å². The maximum atomic E-state index is 9.06. The Morgan fingerprint density at radius 3 is 2.42 bits per heavy atom. The lowest BCUT2D eigenvalue weighted by atomic mass is 9.97. The molecule has 2 nitrogen and oxygen atoms in total. The van der Waals surface area contributed by atoms with Crippen molar-refractivity contribution >= 4 is 0 Å². The monoisotopic (exact) mass is 165 g/mol. The molecule has 0 spiro atoms. The normalized spacial score (nSPS) is 12.8. The van der Waals surface area contributed by atoms with E-state index in [1.54, 1.807) is 0 Å². The van der Waals surface area contributed by atoms with E-state index in [4.69, 9.17) is 10.8 Å². The minimum absolute atomic E-state index is 0.182. The van der Waals surface area contributed by atoms with Gasteiger partial charge in [0.05, 0.1) is 0 Å². The summed E-state index contributed by atoms with van der Waals surface area (Å²) >= 11 is 0. The molecule has 0 aliphatic rings. The van der Waals surface area contributed by atoms with E-state index in [1.165, 1.54) is 5.56 Å². The van der Waals surface area contributed by atoms with Crippen molar-refractivity contribution in [2.75, 3.05) is 13.2 Å². The Bertz CT molecular complexity index is 210. The Labute approximate surface area is 73.0 Å². The van der Waals surface area contributed by atoms with Gasteiger partial charge in [0, 0.05) is 12.5 Å². The number of nitrogens with two attached hydrogens (primary N) is 1. The molecule has 0 fully saturated rings. The molecule has 2 heteroatoms. The van der Waals surface area contributed by atoms with Crippen molar-refractivity contribution in [3.63, 3.8) is 0 Å².